The number of benzene rings is 1. The zero-order chi connectivity index (χ0) is 14.4. The lowest BCUT2D eigenvalue weighted by atomic mass is 10.1. The van der Waals surface area contributed by atoms with Crippen molar-refractivity contribution in [1.29, 1.82) is 0 Å². The van der Waals surface area contributed by atoms with Gasteiger partial charge in [0, 0.05) is 6.08 Å². The highest BCUT2D eigenvalue weighted by Gasteiger charge is 2.01. The third-order valence-corrected chi connectivity index (χ3v) is 3.62. The van der Waals surface area contributed by atoms with E-state index in [9.17, 15) is 4.79 Å². The fourth-order valence-corrected chi connectivity index (χ4v) is 2.18. The minimum absolute atomic E-state index is 0.485. The van der Waals surface area contributed by atoms with E-state index in [-0.39, 0.29) is 0 Å². The monoisotopic (exact) mass is 285 g/mol. The zero-order valence-electron chi connectivity index (χ0n) is 11.4. The maximum absolute atomic E-state index is 11.5. The van der Waals surface area contributed by atoms with Gasteiger partial charge < -0.3 is 4.84 Å². The van der Waals surface area contributed by atoms with Gasteiger partial charge in [-0.25, -0.2) is 4.79 Å². The van der Waals surface area contributed by atoms with E-state index in [2.05, 4.69) is 5.16 Å². The summed E-state index contributed by atoms with van der Waals surface area (Å²) in [6, 6.07) is 11.7. The molecule has 0 aliphatic carbocycles. The molecule has 0 atom stereocenters. The third kappa shape index (κ3) is 4.17. The third-order valence-electron chi connectivity index (χ3n) is 2.64. The number of rotatable bonds is 4. The Morgan fingerprint density at radius 3 is 2.65 bits per heavy atom. The Bertz CT molecular complexity index is 625. The Morgan fingerprint density at radius 2 is 2.00 bits per heavy atom. The number of carbonyl (C=O) groups is 1. The second-order valence-corrected chi connectivity index (χ2v) is 5.26. The SMILES string of the molecule is C/C(=N\OC(=O)/C=C/c1ccc(C)cc1)c1cccs1. The number of hydrogen-bond acceptors (Lipinski definition) is 4. The van der Waals surface area contributed by atoms with Gasteiger partial charge in [-0.3, -0.25) is 0 Å². The van der Waals surface area contributed by atoms with Crippen molar-refractivity contribution in [2.75, 3.05) is 0 Å². The topological polar surface area (TPSA) is 38.7 Å². The van der Waals surface area contributed by atoms with Crippen molar-refractivity contribution < 1.29 is 9.63 Å². The molecule has 0 saturated carbocycles. The molecule has 0 spiro atoms. The molecule has 1 heterocycles. The first-order chi connectivity index (χ1) is 9.65. The first kappa shape index (κ1) is 14.2. The molecule has 0 radical (unpaired) electrons. The van der Waals surface area contributed by atoms with Crippen LogP contribution in [0.25, 0.3) is 6.08 Å². The maximum atomic E-state index is 11.5. The summed E-state index contributed by atoms with van der Waals surface area (Å²) >= 11 is 1.55. The molecule has 102 valence electrons. The van der Waals surface area contributed by atoms with E-state index in [1.54, 1.807) is 17.4 Å². The van der Waals surface area contributed by atoms with Crippen LogP contribution >= 0.6 is 11.3 Å². The van der Waals surface area contributed by atoms with Crippen molar-refractivity contribution in [1.82, 2.24) is 0 Å². The summed E-state index contributed by atoms with van der Waals surface area (Å²) in [6.07, 6.45) is 3.08. The molecular formula is C16H15NO2S. The van der Waals surface area contributed by atoms with Crippen molar-refractivity contribution in [3.05, 3.63) is 63.9 Å². The predicted molar refractivity (Wildman–Crippen MR) is 82.8 cm³/mol. The van der Waals surface area contributed by atoms with Crippen LogP contribution in [0.5, 0.6) is 0 Å². The normalized spacial score (nSPS) is 11.8. The van der Waals surface area contributed by atoms with E-state index in [0.717, 1.165) is 10.4 Å². The van der Waals surface area contributed by atoms with E-state index in [0.29, 0.717) is 5.71 Å². The highest BCUT2D eigenvalue weighted by atomic mass is 32.1. The lowest BCUT2D eigenvalue weighted by molar-refractivity contribution is -0.137. The van der Waals surface area contributed by atoms with Crippen molar-refractivity contribution in [3.8, 4) is 0 Å². The fourth-order valence-electron chi connectivity index (χ4n) is 1.52. The Hall–Kier alpha value is -2.20. The standard InChI is InChI=1S/C16H15NO2S/c1-12-5-7-14(8-6-12)9-10-16(18)19-17-13(2)15-4-3-11-20-15/h3-11H,1-2H3/b10-9+,17-13+. The average molecular weight is 285 g/mol. The summed E-state index contributed by atoms with van der Waals surface area (Å²) in [5.74, 6) is -0.485. The molecule has 0 N–H and O–H groups in total. The van der Waals surface area contributed by atoms with Crippen LogP contribution in [0.3, 0.4) is 0 Å². The molecule has 1 aromatic carbocycles. The molecule has 3 nitrogen and oxygen atoms in total. The molecule has 4 heteroatoms. The maximum Gasteiger partial charge on any atom is 0.358 e. The van der Waals surface area contributed by atoms with Gasteiger partial charge in [-0.2, -0.15) is 0 Å². The van der Waals surface area contributed by atoms with E-state index < -0.39 is 5.97 Å². The Balaban J connectivity index is 1.92. The smallest absolute Gasteiger partial charge is 0.313 e. The summed E-state index contributed by atoms with van der Waals surface area (Å²) in [7, 11) is 0. The average Bonchev–Trinajstić information content (AvgIpc) is 2.98. The van der Waals surface area contributed by atoms with Crippen LogP contribution in [0, 0.1) is 6.92 Å². The molecule has 0 amide bonds. The van der Waals surface area contributed by atoms with Crippen LogP contribution in [0.15, 0.2) is 53.0 Å². The first-order valence-corrected chi connectivity index (χ1v) is 7.07. The summed E-state index contributed by atoms with van der Waals surface area (Å²) in [6.45, 7) is 3.83. The number of hydrogen-bond donors (Lipinski definition) is 0. The number of carbonyl (C=O) groups excluding carboxylic acids is 1. The molecule has 2 aromatic rings. The highest BCUT2D eigenvalue weighted by Crippen LogP contribution is 2.10. The Morgan fingerprint density at radius 1 is 1.25 bits per heavy atom. The fraction of sp³-hybridized carbons (Fsp3) is 0.125. The second-order valence-electron chi connectivity index (χ2n) is 4.31. The van der Waals surface area contributed by atoms with Crippen molar-refractivity contribution >= 4 is 29.1 Å². The lowest BCUT2D eigenvalue weighted by Gasteiger charge is -1.96. The van der Waals surface area contributed by atoms with Crippen LogP contribution < -0.4 is 0 Å². The minimum atomic E-state index is -0.485. The Labute approximate surface area is 122 Å². The predicted octanol–water partition coefficient (Wildman–Crippen LogP) is 4.04. The molecule has 0 saturated heterocycles. The van der Waals surface area contributed by atoms with Crippen LogP contribution in [0.1, 0.15) is 22.9 Å². The number of thiophene rings is 1. The van der Waals surface area contributed by atoms with Gasteiger partial charge in [-0.15, -0.1) is 11.3 Å². The second kappa shape index (κ2) is 6.82. The van der Waals surface area contributed by atoms with Crippen molar-refractivity contribution in [2.24, 2.45) is 5.16 Å². The lowest BCUT2D eigenvalue weighted by Crippen LogP contribution is -1.98. The van der Waals surface area contributed by atoms with Gasteiger partial charge in [0.2, 0.25) is 0 Å². The van der Waals surface area contributed by atoms with Gasteiger partial charge in [0.25, 0.3) is 0 Å². The van der Waals surface area contributed by atoms with Gasteiger partial charge in [-0.1, -0.05) is 41.1 Å². The Kier molecular flexibility index (Phi) is 4.85. The molecule has 0 unspecified atom stereocenters. The quantitative estimate of drug-likeness (QED) is 0.368. The van der Waals surface area contributed by atoms with E-state index in [1.807, 2.05) is 55.6 Å². The molecule has 0 bridgehead atoms. The summed E-state index contributed by atoms with van der Waals surface area (Å²) in [5, 5.41) is 5.77. The minimum Gasteiger partial charge on any atom is -0.313 e. The van der Waals surface area contributed by atoms with E-state index in [4.69, 9.17) is 4.84 Å². The van der Waals surface area contributed by atoms with Crippen LogP contribution in [-0.2, 0) is 9.63 Å². The molecule has 2 rings (SSSR count). The summed E-state index contributed by atoms with van der Waals surface area (Å²) < 4.78 is 0. The highest BCUT2D eigenvalue weighted by molar-refractivity contribution is 7.12. The summed E-state index contributed by atoms with van der Waals surface area (Å²) in [5.41, 5.74) is 2.82. The van der Waals surface area contributed by atoms with Gasteiger partial charge in [-0.05, 0) is 36.9 Å². The van der Waals surface area contributed by atoms with Gasteiger partial charge in [0.15, 0.2) is 0 Å². The largest absolute Gasteiger partial charge is 0.358 e. The van der Waals surface area contributed by atoms with Crippen molar-refractivity contribution in [3.63, 3.8) is 0 Å². The molecule has 0 aliphatic rings. The molecule has 0 aliphatic heterocycles. The molecule has 20 heavy (non-hydrogen) atoms. The number of nitrogens with zero attached hydrogens (tertiary/aromatic N) is 1. The molecule has 1 aromatic heterocycles. The van der Waals surface area contributed by atoms with Crippen LogP contribution in [-0.4, -0.2) is 11.7 Å². The summed E-state index contributed by atoms with van der Waals surface area (Å²) in [4.78, 5) is 17.4. The first-order valence-electron chi connectivity index (χ1n) is 6.19. The van der Waals surface area contributed by atoms with Gasteiger partial charge >= 0.3 is 5.97 Å². The number of aryl methyl sites for hydroxylation is 1. The molecule has 0 fully saturated rings. The van der Waals surface area contributed by atoms with Gasteiger partial charge in [0.05, 0.1) is 10.6 Å². The van der Waals surface area contributed by atoms with Crippen LogP contribution in [0.2, 0.25) is 0 Å². The van der Waals surface area contributed by atoms with E-state index in [1.165, 1.54) is 11.6 Å². The van der Waals surface area contributed by atoms with Crippen molar-refractivity contribution in [2.45, 2.75) is 13.8 Å². The van der Waals surface area contributed by atoms with Crippen LogP contribution in [0.4, 0.5) is 0 Å². The molecular weight excluding hydrogens is 270 g/mol. The van der Waals surface area contributed by atoms with E-state index >= 15 is 0 Å². The zero-order valence-corrected chi connectivity index (χ0v) is 12.2. The number of oxime groups is 1. The van der Waals surface area contributed by atoms with Gasteiger partial charge in [0.1, 0.15) is 0 Å².